The van der Waals surface area contributed by atoms with E-state index in [0.29, 0.717) is 17.8 Å². The molecule has 1 fully saturated rings. The number of benzene rings is 1. The van der Waals surface area contributed by atoms with Crippen LogP contribution in [0.4, 0.5) is 11.4 Å². The summed E-state index contributed by atoms with van der Waals surface area (Å²) in [6.07, 6.45) is 3.16. The number of carbonyl (C=O) groups is 1. The van der Waals surface area contributed by atoms with Crippen LogP contribution in [0.2, 0.25) is 0 Å². The Balaban J connectivity index is 2.29. The number of hydrogen-bond donors (Lipinski definition) is 0. The Bertz CT molecular complexity index is 469. The molecule has 0 N–H and O–H groups in total. The lowest BCUT2D eigenvalue weighted by Gasteiger charge is -2.24. The number of hydrogen-bond acceptors (Lipinski definition) is 4. The molecule has 0 aromatic heterocycles. The van der Waals surface area contributed by atoms with E-state index in [1.54, 1.807) is 6.07 Å². The highest BCUT2D eigenvalue weighted by Crippen LogP contribution is 2.32. The number of rotatable bonds is 6. The van der Waals surface area contributed by atoms with Gasteiger partial charge in [0.05, 0.1) is 4.92 Å². The first kappa shape index (κ1) is 12.5. The zero-order valence-corrected chi connectivity index (χ0v) is 10.3. The number of aldehydes is 1. The molecular weight excluding hydrogens is 232 g/mol. The van der Waals surface area contributed by atoms with Gasteiger partial charge in [0.2, 0.25) is 0 Å². The van der Waals surface area contributed by atoms with E-state index in [1.807, 2.05) is 6.92 Å². The first-order valence-electron chi connectivity index (χ1n) is 6.14. The molecule has 0 bridgehead atoms. The topological polar surface area (TPSA) is 63.4 Å². The van der Waals surface area contributed by atoms with Crippen molar-refractivity contribution >= 4 is 17.7 Å². The van der Waals surface area contributed by atoms with Crippen LogP contribution in [-0.2, 0) is 0 Å². The standard InChI is InChI=1S/C13H16N2O3/c1-2-14(8-10-3-4-10)13-6-5-12(15(17)18)7-11(13)9-16/h5-7,9-10H,2-4,8H2,1H3. The van der Waals surface area contributed by atoms with Gasteiger partial charge in [-0.05, 0) is 31.7 Å². The summed E-state index contributed by atoms with van der Waals surface area (Å²) in [5.74, 6) is 0.708. The van der Waals surface area contributed by atoms with Crippen LogP contribution in [0.15, 0.2) is 18.2 Å². The SMILES string of the molecule is CCN(CC1CC1)c1ccc([N+](=O)[O-])cc1C=O. The Morgan fingerprint density at radius 3 is 2.72 bits per heavy atom. The Kier molecular flexibility index (Phi) is 3.60. The van der Waals surface area contributed by atoms with Crippen LogP contribution < -0.4 is 4.90 Å². The molecule has 0 spiro atoms. The van der Waals surface area contributed by atoms with Gasteiger partial charge >= 0.3 is 0 Å². The van der Waals surface area contributed by atoms with Gasteiger partial charge in [-0.3, -0.25) is 14.9 Å². The zero-order valence-electron chi connectivity index (χ0n) is 10.3. The van der Waals surface area contributed by atoms with Gasteiger partial charge < -0.3 is 4.90 Å². The number of carbonyl (C=O) groups excluding carboxylic acids is 1. The first-order chi connectivity index (χ1) is 8.65. The average molecular weight is 248 g/mol. The number of nitro benzene ring substituents is 1. The van der Waals surface area contributed by atoms with Crippen LogP contribution in [0, 0.1) is 16.0 Å². The summed E-state index contributed by atoms with van der Waals surface area (Å²) in [5, 5.41) is 10.7. The molecule has 2 rings (SSSR count). The molecule has 0 amide bonds. The molecule has 18 heavy (non-hydrogen) atoms. The second-order valence-electron chi connectivity index (χ2n) is 4.60. The van der Waals surface area contributed by atoms with Crippen molar-refractivity contribution in [1.82, 2.24) is 0 Å². The van der Waals surface area contributed by atoms with Crippen LogP contribution in [-0.4, -0.2) is 24.3 Å². The minimum Gasteiger partial charge on any atom is -0.371 e. The van der Waals surface area contributed by atoms with Gasteiger partial charge in [-0.15, -0.1) is 0 Å². The van der Waals surface area contributed by atoms with E-state index in [2.05, 4.69) is 4.90 Å². The van der Waals surface area contributed by atoms with E-state index in [9.17, 15) is 14.9 Å². The molecule has 0 saturated heterocycles. The van der Waals surface area contributed by atoms with Gasteiger partial charge in [0.25, 0.3) is 5.69 Å². The fraction of sp³-hybridized carbons (Fsp3) is 0.462. The monoisotopic (exact) mass is 248 g/mol. The molecule has 1 saturated carbocycles. The molecule has 5 heteroatoms. The summed E-state index contributed by atoms with van der Waals surface area (Å²) in [6.45, 7) is 3.75. The molecule has 0 unspecified atom stereocenters. The van der Waals surface area contributed by atoms with E-state index in [0.717, 1.165) is 18.8 Å². The van der Waals surface area contributed by atoms with E-state index in [1.165, 1.54) is 25.0 Å². The van der Waals surface area contributed by atoms with E-state index in [-0.39, 0.29) is 5.69 Å². The van der Waals surface area contributed by atoms with Crippen molar-refractivity contribution in [3.63, 3.8) is 0 Å². The molecule has 1 aliphatic rings. The normalized spacial score (nSPS) is 14.3. The van der Waals surface area contributed by atoms with Gasteiger partial charge in [-0.25, -0.2) is 0 Å². The molecule has 1 aromatic carbocycles. The van der Waals surface area contributed by atoms with Crippen LogP contribution in [0.5, 0.6) is 0 Å². The molecule has 1 aliphatic carbocycles. The van der Waals surface area contributed by atoms with Crippen molar-refractivity contribution in [2.75, 3.05) is 18.0 Å². The Labute approximate surface area is 106 Å². The predicted molar refractivity (Wildman–Crippen MR) is 69.1 cm³/mol. The number of nitrogens with zero attached hydrogens (tertiary/aromatic N) is 2. The van der Waals surface area contributed by atoms with Crippen molar-refractivity contribution in [3.05, 3.63) is 33.9 Å². The number of non-ortho nitro benzene ring substituents is 1. The fourth-order valence-electron chi connectivity index (χ4n) is 2.05. The number of anilines is 1. The van der Waals surface area contributed by atoms with Gasteiger partial charge in [-0.2, -0.15) is 0 Å². The summed E-state index contributed by atoms with van der Waals surface area (Å²) in [6, 6.07) is 4.48. The Morgan fingerprint density at radius 2 is 2.22 bits per heavy atom. The third-order valence-corrected chi connectivity index (χ3v) is 3.25. The van der Waals surface area contributed by atoms with E-state index in [4.69, 9.17) is 0 Å². The lowest BCUT2D eigenvalue weighted by atomic mass is 10.1. The van der Waals surface area contributed by atoms with Crippen molar-refractivity contribution in [2.45, 2.75) is 19.8 Å². The summed E-state index contributed by atoms with van der Waals surface area (Å²) in [5.41, 5.74) is 1.15. The van der Waals surface area contributed by atoms with Crippen molar-refractivity contribution in [2.24, 2.45) is 5.92 Å². The maximum absolute atomic E-state index is 11.1. The third kappa shape index (κ3) is 2.67. The molecular formula is C13H16N2O3. The second kappa shape index (κ2) is 5.16. The minimum absolute atomic E-state index is 0.0386. The van der Waals surface area contributed by atoms with Crippen LogP contribution in [0.1, 0.15) is 30.1 Å². The summed E-state index contributed by atoms with van der Waals surface area (Å²) in [7, 11) is 0. The molecule has 5 nitrogen and oxygen atoms in total. The third-order valence-electron chi connectivity index (χ3n) is 3.25. The molecule has 0 aliphatic heterocycles. The van der Waals surface area contributed by atoms with Crippen LogP contribution >= 0.6 is 0 Å². The average Bonchev–Trinajstić information content (AvgIpc) is 3.19. The van der Waals surface area contributed by atoms with Gasteiger partial charge in [0, 0.05) is 36.5 Å². The summed E-state index contributed by atoms with van der Waals surface area (Å²) in [4.78, 5) is 23.4. The number of nitro groups is 1. The van der Waals surface area contributed by atoms with Crippen molar-refractivity contribution < 1.29 is 9.72 Å². The fourth-order valence-corrected chi connectivity index (χ4v) is 2.05. The summed E-state index contributed by atoms with van der Waals surface area (Å²) >= 11 is 0. The first-order valence-corrected chi connectivity index (χ1v) is 6.14. The highest BCUT2D eigenvalue weighted by Gasteiger charge is 2.25. The minimum atomic E-state index is -0.478. The summed E-state index contributed by atoms with van der Waals surface area (Å²) < 4.78 is 0. The molecule has 0 radical (unpaired) electrons. The smallest absolute Gasteiger partial charge is 0.270 e. The zero-order chi connectivity index (χ0) is 13.1. The maximum Gasteiger partial charge on any atom is 0.270 e. The highest BCUT2D eigenvalue weighted by molar-refractivity contribution is 5.86. The molecule has 1 aromatic rings. The molecule has 0 atom stereocenters. The van der Waals surface area contributed by atoms with Gasteiger partial charge in [0.15, 0.2) is 6.29 Å². The Morgan fingerprint density at radius 1 is 1.50 bits per heavy atom. The van der Waals surface area contributed by atoms with E-state index >= 15 is 0 Å². The molecule has 96 valence electrons. The quantitative estimate of drug-likeness (QED) is 0.441. The van der Waals surface area contributed by atoms with Crippen LogP contribution in [0.3, 0.4) is 0 Å². The maximum atomic E-state index is 11.1. The van der Waals surface area contributed by atoms with Gasteiger partial charge in [-0.1, -0.05) is 0 Å². The highest BCUT2D eigenvalue weighted by atomic mass is 16.6. The van der Waals surface area contributed by atoms with Crippen molar-refractivity contribution in [3.8, 4) is 0 Å². The van der Waals surface area contributed by atoms with E-state index < -0.39 is 4.92 Å². The Hall–Kier alpha value is -1.91. The largest absolute Gasteiger partial charge is 0.371 e. The second-order valence-corrected chi connectivity index (χ2v) is 4.60. The predicted octanol–water partition coefficient (Wildman–Crippen LogP) is 2.64. The van der Waals surface area contributed by atoms with Crippen LogP contribution in [0.25, 0.3) is 0 Å². The lowest BCUT2D eigenvalue weighted by Crippen LogP contribution is -2.26. The van der Waals surface area contributed by atoms with Crippen molar-refractivity contribution in [1.29, 1.82) is 0 Å². The van der Waals surface area contributed by atoms with Gasteiger partial charge in [0.1, 0.15) is 0 Å². The molecule has 0 heterocycles. The lowest BCUT2D eigenvalue weighted by molar-refractivity contribution is -0.384.